The minimum absolute atomic E-state index is 0.0110. The number of aliphatic carboxylic acids is 1. The molecule has 0 aromatic heterocycles. The Balaban J connectivity index is 2.48. The largest absolute Gasteiger partial charge is 0.481 e. The molecule has 1 rings (SSSR count). The number of hydrogen-bond donors (Lipinski definition) is 2. The van der Waals surface area contributed by atoms with Gasteiger partial charge in [0.2, 0.25) is 5.91 Å². The molecule has 1 unspecified atom stereocenters. The number of hydrogen-bond acceptors (Lipinski definition) is 4. The van der Waals surface area contributed by atoms with E-state index in [0.717, 1.165) is 13.0 Å². The minimum atomic E-state index is -0.820. The molecule has 2 N–H and O–H groups in total. The third-order valence-electron chi connectivity index (χ3n) is 3.02. The monoisotopic (exact) mass is 239 g/mol. The molecule has 0 aliphatic carbocycles. The maximum absolute atomic E-state index is 11.4. The number of nitrogens with zero attached hydrogens (tertiary/aromatic N) is 2. The van der Waals surface area contributed by atoms with Gasteiger partial charge in [0.1, 0.15) is 6.54 Å². The van der Waals surface area contributed by atoms with E-state index < -0.39 is 11.4 Å². The maximum Gasteiger partial charge on any atom is 0.310 e. The van der Waals surface area contributed by atoms with Crippen molar-refractivity contribution in [2.75, 3.05) is 26.2 Å². The summed E-state index contributed by atoms with van der Waals surface area (Å²) in [5.74, 6) is -1.05. The van der Waals surface area contributed by atoms with E-state index in [1.165, 1.54) is 0 Å². The lowest BCUT2D eigenvalue weighted by Gasteiger charge is -2.37. The van der Waals surface area contributed by atoms with Gasteiger partial charge in [-0.15, -0.1) is 0 Å². The zero-order chi connectivity index (χ0) is 12.9. The van der Waals surface area contributed by atoms with Gasteiger partial charge >= 0.3 is 5.97 Å². The fourth-order valence-corrected chi connectivity index (χ4v) is 2.05. The number of carbonyl (C=O) groups is 2. The molecule has 0 saturated carbocycles. The Labute approximate surface area is 100 Å². The van der Waals surface area contributed by atoms with Crippen LogP contribution in [0.5, 0.6) is 0 Å². The SMILES string of the molecule is CC1(C(=O)O)CCCN(CC(=O)NCC#N)C1. The second-order valence-electron chi connectivity index (χ2n) is 4.61. The van der Waals surface area contributed by atoms with Crippen molar-refractivity contribution in [1.82, 2.24) is 10.2 Å². The van der Waals surface area contributed by atoms with Gasteiger partial charge in [-0.1, -0.05) is 0 Å². The Hall–Kier alpha value is -1.61. The molecular weight excluding hydrogens is 222 g/mol. The molecule has 0 spiro atoms. The topological polar surface area (TPSA) is 93.4 Å². The van der Waals surface area contributed by atoms with Gasteiger partial charge in [-0.25, -0.2) is 0 Å². The predicted octanol–water partition coefficient (Wildman–Crippen LogP) is -0.187. The molecule has 1 atom stereocenters. The van der Waals surface area contributed by atoms with Crippen LogP contribution in [0.3, 0.4) is 0 Å². The summed E-state index contributed by atoms with van der Waals surface area (Å²) in [5, 5.41) is 19.9. The summed E-state index contributed by atoms with van der Waals surface area (Å²) in [4.78, 5) is 24.3. The Morgan fingerprint density at radius 2 is 2.29 bits per heavy atom. The molecule has 6 nitrogen and oxygen atoms in total. The van der Waals surface area contributed by atoms with Crippen LogP contribution in [0.25, 0.3) is 0 Å². The lowest BCUT2D eigenvalue weighted by atomic mass is 9.82. The Morgan fingerprint density at radius 1 is 1.59 bits per heavy atom. The molecule has 17 heavy (non-hydrogen) atoms. The van der Waals surface area contributed by atoms with E-state index in [1.807, 2.05) is 11.0 Å². The third kappa shape index (κ3) is 3.71. The number of piperidine rings is 1. The number of likely N-dealkylation sites (tertiary alicyclic amines) is 1. The average molecular weight is 239 g/mol. The molecule has 0 aromatic carbocycles. The molecule has 0 bridgehead atoms. The van der Waals surface area contributed by atoms with Gasteiger partial charge in [-0.05, 0) is 26.3 Å². The molecule has 0 radical (unpaired) electrons. The van der Waals surface area contributed by atoms with Crippen molar-refractivity contribution in [2.24, 2.45) is 5.41 Å². The van der Waals surface area contributed by atoms with Crippen molar-refractivity contribution >= 4 is 11.9 Å². The molecule has 1 aliphatic rings. The molecule has 94 valence electrons. The van der Waals surface area contributed by atoms with Crippen molar-refractivity contribution in [3.8, 4) is 6.07 Å². The maximum atomic E-state index is 11.4. The quantitative estimate of drug-likeness (QED) is 0.663. The van der Waals surface area contributed by atoms with Crippen LogP contribution in [0, 0.1) is 16.7 Å². The number of carboxylic acids is 1. The van der Waals surface area contributed by atoms with Gasteiger partial charge in [0, 0.05) is 6.54 Å². The highest BCUT2D eigenvalue weighted by Crippen LogP contribution is 2.29. The van der Waals surface area contributed by atoms with Gasteiger partial charge in [-0.2, -0.15) is 5.26 Å². The summed E-state index contributed by atoms with van der Waals surface area (Å²) in [5.41, 5.74) is -0.770. The molecule has 1 heterocycles. The first-order chi connectivity index (χ1) is 7.98. The number of nitrogens with one attached hydrogen (secondary N) is 1. The van der Waals surface area contributed by atoms with Crippen molar-refractivity contribution in [3.63, 3.8) is 0 Å². The Bertz CT molecular complexity index is 350. The number of rotatable bonds is 4. The lowest BCUT2D eigenvalue weighted by molar-refractivity contribution is -0.151. The van der Waals surface area contributed by atoms with Crippen molar-refractivity contribution < 1.29 is 14.7 Å². The van der Waals surface area contributed by atoms with Crippen LogP contribution in [-0.4, -0.2) is 48.1 Å². The van der Waals surface area contributed by atoms with Crippen LogP contribution in [0.15, 0.2) is 0 Å². The zero-order valence-corrected chi connectivity index (χ0v) is 9.90. The highest BCUT2D eigenvalue weighted by Gasteiger charge is 2.38. The van der Waals surface area contributed by atoms with Gasteiger partial charge in [0.05, 0.1) is 18.0 Å². The summed E-state index contributed by atoms with van der Waals surface area (Å²) in [6, 6.07) is 1.83. The van der Waals surface area contributed by atoms with E-state index in [4.69, 9.17) is 10.4 Å². The van der Waals surface area contributed by atoms with Gasteiger partial charge in [-0.3, -0.25) is 14.5 Å². The molecule has 1 fully saturated rings. The van der Waals surface area contributed by atoms with Crippen molar-refractivity contribution in [3.05, 3.63) is 0 Å². The lowest BCUT2D eigenvalue weighted by Crippen LogP contribution is -2.49. The van der Waals surface area contributed by atoms with E-state index in [-0.39, 0.29) is 19.0 Å². The highest BCUT2D eigenvalue weighted by atomic mass is 16.4. The number of nitriles is 1. The Morgan fingerprint density at radius 3 is 2.88 bits per heavy atom. The van der Waals surface area contributed by atoms with Gasteiger partial charge in [0.25, 0.3) is 0 Å². The van der Waals surface area contributed by atoms with E-state index in [2.05, 4.69) is 5.32 Å². The fraction of sp³-hybridized carbons (Fsp3) is 0.727. The second-order valence-corrected chi connectivity index (χ2v) is 4.61. The summed E-state index contributed by atoms with van der Waals surface area (Å²) in [6.07, 6.45) is 1.41. The van der Waals surface area contributed by atoms with Crippen molar-refractivity contribution in [1.29, 1.82) is 5.26 Å². The first-order valence-electron chi connectivity index (χ1n) is 5.57. The van der Waals surface area contributed by atoms with Crippen LogP contribution in [-0.2, 0) is 9.59 Å². The predicted molar refractivity (Wildman–Crippen MR) is 60.0 cm³/mol. The zero-order valence-electron chi connectivity index (χ0n) is 9.90. The highest BCUT2D eigenvalue weighted by molar-refractivity contribution is 5.78. The van der Waals surface area contributed by atoms with E-state index >= 15 is 0 Å². The summed E-state index contributed by atoms with van der Waals surface area (Å²) >= 11 is 0. The molecule has 1 aliphatic heterocycles. The van der Waals surface area contributed by atoms with Crippen molar-refractivity contribution in [2.45, 2.75) is 19.8 Å². The first-order valence-corrected chi connectivity index (χ1v) is 5.57. The summed E-state index contributed by atoms with van der Waals surface area (Å²) < 4.78 is 0. The summed E-state index contributed by atoms with van der Waals surface area (Å²) in [7, 11) is 0. The second kappa shape index (κ2) is 5.64. The summed E-state index contributed by atoms with van der Waals surface area (Å²) in [6.45, 7) is 2.95. The average Bonchev–Trinajstić information content (AvgIpc) is 2.26. The Kier molecular flexibility index (Phi) is 4.46. The van der Waals surface area contributed by atoms with Gasteiger partial charge in [0.15, 0.2) is 0 Å². The molecule has 6 heteroatoms. The van der Waals surface area contributed by atoms with Crippen LogP contribution in [0.2, 0.25) is 0 Å². The van der Waals surface area contributed by atoms with Gasteiger partial charge < -0.3 is 10.4 Å². The molecular formula is C11H17N3O3. The van der Waals surface area contributed by atoms with E-state index in [1.54, 1.807) is 6.92 Å². The van der Waals surface area contributed by atoms with Crippen LogP contribution >= 0.6 is 0 Å². The van der Waals surface area contributed by atoms with E-state index in [9.17, 15) is 9.59 Å². The third-order valence-corrected chi connectivity index (χ3v) is 3.02. The fourth-order valence-electron chi connectivity index (χ4n) is 2.05. The number of amides is 1. The molecule has 1 amide bonds. The first kappa shape index (κ1) is 13.5. The van der Waals surface area contributed by atoms with Crippen LogP contribution < -0.4 is 5.32 Å². The number of carboxylic acid groups (broad SMARTS) is 1. The van der Waals surface area contributed by atoms with Crippen LogP contribution in [0.1, 0.15) is 19.8 Å². The normalized spacial score (nSPS) is 24.9. The smallest absolute Gasteiger partial charge is 0.310 e. The standard InChI is InChI=1S/C11H17N3O3/c1-11(10(16)17)3-2-6-14(8-11)7-9(15)13-5-4-12/h2-3,5-8H2,1H3,(H,13,15)(H,16,17). The molecule has 1 saturated heterocycles. The molecule has 0 aromatic rings. The van der Waals surface area contributed by atoms with E-state index in [0.29, 0.717) is 13.0 Å². The minimum Gasteiger partial charge on any atom is -0.481 e. The number of carbonyl (C=O) groups excluding carboxylic acids is 1. The van der Waals surface area contributed by atoms with Crippen LogP contribution in [0.4, 0.5) is 0 Å².